The molecule has 2 aromatic heterocycles. The van der Waals surface area contributed by atoms with Crippen molar-refractivity contribution in [3.63, 3.8) is 0 Å². The number of phenolic OH excluding ortho intramolecular Hbond substituents is 1. The van der Waals surface area contributed by atoms with Gasteiger partial charge in [0, 0.05) is 5.56 Å². The first-order valence-electron chi connectivity index (χ1n) is 8.90. The van der Waals surface area contributed by atoms with Gasteiger partial charge < -0.3 is 10.4 Å². The van der Waals surface area contributed by atoms with Crippen LogP contribution in [0.2, 0.25) is 0 Å². The summed E-state index contributed by atoms with van der Waals surface area (Å²) in [6.45, 7) is 0. The number of hydrogen-bond donors (Lipinski definition) is 3. The molecule has 9 heteroatoms. The van der Waals surface area contributed by atoms with E-state index in [2.05, 4.69) is 31.0 Å². The number of nitrogens with one attached hydrogen (secondary N) is 2. The van der Waals surface area contributed by atoms with E-state index >= 15 is 0 Å². The maximum atomic E-state index is 12.5. The molecule has 3 N–H and O–H groups in total. The molecule has 142 valence electrons. The lowest BCUT2D eigenvalue weighted by molar-refractivity contribution is 0.474. The zero-order chi connectivity index (χ0) is 19.8. The maximum absolute atomic E-state index is 12.5. The summed E-state index contributed by atoms with van der Waals surface area (Å²) in [7, 11) is 0. The molecule has 1 aliphatic rings. The molecule has 3 heterocycles. The number of nitrogens with zero attached hydrogens (tertiary/aromatic N) is 5. The zero-order valence-corrected chi connectivity index (χ0v) is 15.0. The van der Waals surface area contributed by atoms with Gasteiger partial charge in [0.2, 0.25) is 5.95 Å². The number of fused-ring (bicyclic) bond motifs is 2. The normalized spacial score (nSPS) is 15.0. The lowest BCUT2D eigenvalue weighted by Gasteiger charge is -2.27. The Hall–Kier alpha value is -4.27. The van der Waals surface area contributed by atoms with E-state index in [-0.39, 0.29) is 11.3 Å². The Labute approximate surface area is 164 Å². The van der Waals surface area contributed by atoms with Gasteiger partial charge >= 0.3 is 0 Å². The van der Waals surface area contributed by atoms with Crippen LogP contribution in [0.5, 0.6) is 5.75 Å². The van der Waals surface area contributed by atoms with Crippen LogP contribution in [0.25, 0.3) is 12.2 Å². The van der Waals surface area contributed by atoms with E-state index in [1.165, 1.54) is 0 Å². The lowest BCUT2D eigenvalue weighted by atomic mass is 9.94. The van der Waals surface area contributed by atoms with E-state index in [9.17, 15) is 9.90 Å². The molecule has 1 atom stereocenters. The van der Waals surface area contributed by atoms with Crippen molar-refractivity contribution in [2.45, 2.75) is 6.04 Å². The highest BCUT2D eigenvalue weighted by molar-refractivity contribution is 5.75. The average Bonchev–Trinajstić information content (AvgIpc) is 3.22. The molecule has 4 aromatic rings. The molecule has 5 rings (SSSR count). The summed E-state index contributed by atoms with van der Waals surface area (Å²) in [6.07, 6.45) is 3.76. The number of tetrazole rings is 1. The summed E-state index contributed by atoms with van der Waals surface area (Å²) in [6, 6.07) is 16.0. The first kappa shape index (κ1) is 16.9. The zero-order valence-electron chi connectivity index (χ0n) is 15.0. The Morgan fingerprint density at radius 1 is 1.03 bits per heavy atom. The van der Waals surface area contributed by atoms with Gasteiger partial charge in [-0.05, 0) is 39.8 Å². The van der Waals surface area contributed by atoms with Gasteiger partial charge in [0.15, 0.2) is 0 Å². The molecule has 0 radical (unpaired) electrons. The molecule has 29 heavy (non-hydrogen) atoms. The molecular formula is C20H15N7O2. The van der Waals surface area contributed by atoms with Crippen LogP contribution in [0.1, 0.15) is 28.4 Å². The molecule has 0 saturated carbocycles. The van der Waals surface area contributed by atoms with Crippen LogP contribution in [0.3, 0.4) is 0 Å². The van der Waals surface area contributed by atoms with E-state index in [4.69, 9.17) is 0 Å². The van der Waals surface area contributed by atoms with Crippen molar-refractivity contribution >= 4 is 23.8 Å². The molecule has 9 nitrogen and oxygen atoms in total. The fourth-order valence-corrected chi connectivity index (χ4v) is 3.39. The minimum absolute atomic E-state index is 0.146. The van der Waals surface area contributed by atoms with Crippen molar-refractivity contribution in [2.24, 2.45) is 0 Å². The van der Waals surface area contributed by atoms with Gasteiger partial charge in [0.25, 0.3) is 5.56 Å². The lowest BCUT2D eigenvalue weighted by Crippen LogP contribution is -2.29. The summed E-state index contributed by atoms with van der Waals surface area (Å²) in [4.78, 5) is 12.5. The number of aromatic nitrogens is 6. The number of aromatic amines is 1. The van der Waals surface area contributed by atoms with Crippen molar-refractivity contribution in [1.82, 2.24) is 30.4 Å². The summed E-state index contributed by atoms with van der Waals surface area (Å²) in [5.74, 6) is 0.498. The topological polar surface area (TPSA) is 122 Å². The molecule has 0 unspecified atom stereocenters. The Balaban J connectivity index is 1.71. The van der Waals surface area contributed by atoms with Gasteiger partial charge in [-0.25, -0.2) is 5.10 Å². The van der Waals surface area contributed by atoms with Crippen LogP contribution >= 0.6 is 0 Å². The molecule has 0 saturated heterocycles. The highest BCUT2D eigenvalue weighted by Crippen LogP contribution is 2.38. The van der Waals surface area contributed by atoms with Gasteiger partial charge in [-0.15, -0.1) is 0 Å². The number of rotatable bonds is 3. The quantitative estimate of drug-likeness (QED) is 0.436. The van der Waals surface area contributed by atoms with Crippen LogP contribution in [0, 0.1) is 0 Å². The van der Waals surface area contributed by atoms with E-state index < -0.39 is 6.04 Å². The standard InChI is InChI=1S/C20H15N7O2/c28-14-9-7-13(8-10-14)18-16-15(11-6-12-4-2-1-3-5-12)22-23-19(29)17(16)21-20-24-25-26-27(18)20/h1-11,18,28H,(H,23,29)(H,21,24,26)/b11-6+/t18-/m1/s1. The summed E-state index contributed by atoms with van der Waals surface area (Å²) in [5.41, 5.74) is 3.01. The molecule has 0 spiro atoms. The second kappa shape index (κ2) is 6.71. The molecular weight excluding hydrogens is 370 g/mol. The fourth-order valence-electron chi connectivity index (χ4n) is 3.39. The van der Waals surface area contributed by atoms with Gasteiger partial charge in [-0.3, -0.25) is 4.79 Å². The molecule has 0 fully saturated rings. The fraction of sp³-hybridized carbons (Fsp3) is 0.0500. The highest BCUT2D eigenvalue weighted by atomic mass is 16.3. The predicted molar refractivity (Wildman–Crippen MR) is 107 cm³/mol. The van der Waals surface area contributed by atoms with Gasteiger partial charge in [-0.1, -0.05) is 53.6 Å². The van der Waals surface area contributed by atoms with E-state index in [1.807, 2.05) is 42.5 Å². The Bertz CT molecular complexity index is 1260. The minimum Gasteiger partial charge on any atom is -0.508 e. The van der Waals surface area contributed by atoms with Crippen LogP contribution in [0.15, 0.2) is 59.4 Å². The van der Waals surface area contributed by atoms with Gasteiger partial charge in [0.05, 0.1) is 5.69 Å². The summed E-state index contributed by atoms with van der Waals surface area (Å²) >= 11 is 0. The van der Waals surface area contributed by atoms with Gasteiger partial charge in [0.1, 0.15) is 17.5 Å². The Kier molecular flexibility index (Phi) is 3.91. The van der Waals surface area contributed by atoms with Crippen molar-refractivity contribution < 1.29 is 5.11 Å². The number of H-pyrrole nitrogens is 1. The third-order valence-corrected chi connectivity index (χ3v) is 4.74. The average molecular weight is 385 g/mol. The van der Waals surface area contributed by atoms with Crippen molar-refractivity contribution in [1.29, 1.82) is 0 Å². The smallest absolute Gasteiger partial charge is 0.288 e. The molecule has 0 aliphatic carbocycles. The minimum atomic E-state index is -0.484. The number of aromatic hydroxyl groups is 1. The predicted octanol–water partition coefficient (Wildman–Crippen LogP) is 2.33. The Morgan fingerprint density at radius 3 is 2.62 bits per heavy atom. The van der Waals surface area contributed by atoms with E-state index in [1.54, 1.807) is 28.9 Å². The van der Waals surface area contributed by atoms with Crippen LogP contribution in [-0.2, 0) is 0 Å². The van der Waals surface area contributed by atoms with Crippen molar-refractivity contribution in [3.8, 4) is 5.75 Å². The van der Waals surface area contributed by atoms with E-state index in [0.717, 1.165) is 11.1 Å². The molecule has 0 amide bonds. The number of phenols is 1. The first-order valence-corrected chi connectivity index (χ1v) is 8.90. The largest absolute Gasteiger partial charge is 0.508 e. The van der Waals surface area contributed by atoms with Crippen LogP contribution < -0.4 is 10.9 Å². The van der Waals surface area contributed by atoms with Crippen molar-refractivity contribution in [3.05, 3.63) is 87.3 Å². The van der Waals surface area contributed by atoms with Gasteiger partial charge in [-0.2, -0.15) is 9.78 Å². The number of benzene rings is 2. The summed E-state index contributed by atoms with van der Waals surface area (Å²) in [5, 5.41) is 31.3. The van der Waals surface area contributed by atoms with Crippen molar-refractivity contribution in [2.75, 3.05) is 5.32 Å². The number of hydrogen-bond acceptors (Lipinski definition) is 7. The molecule has 1 aliphatic heterocycles. The summed E-state index contributed by atoms with van der Waals surface area (Å²) < 4.78 is 1.59. The van der Waals surface area contributed by atoms with E-state index in [0.29, 0.717) is 22.9 Å². The van der Waals surface area contributed by atoms with Crippen LogP contribution in [-0.4, -0.2) is 35.5 Å². The second-order valence-electron chi connectivity index (χ2n) is 6.54. The molecule has 2 aromatic carbocycles. The third kappa shape index (κ3) is 2.94. The SMILES string of the molecule is O=c1[nH]nc(/C=C/c2ccccc2)c2c1Nc1nnnn1[C@@H]2c1ccc(O)cc1. The maximum Gasteiger partial charge on any atom is 0.288 e. The highest BCUT2D eigenvalue weighted by Gasteiger charge is 2.33. The second-order valence-corrected chi connectivity index (χ2v) is 6.54. The number of anilines is 2. The first-order chi connectivity index (χ1) is 14.2. The Morgan fingerprint density at radius 2 is 1.83 bits per heavy atom. The molecule has 0 bridgehead atoms. The monoisotopic (exact) mass is 385 g/mol. The van der Waals surface area contributed by atoms with Crippen LogP contribution in [0.4, 0.5) is 11.6 Å². The third-order valence-electron chi connectivity index (χ3n) is 4.74.